The van der Waals surface area contributed by atoms with E-state index in [0.29, 0.717) is 44.2 Å². The van der Waals surface area contributed by atoms with Gasteiger partial charge in [0, 0.05) is 11.8 Å². The zero-order valence-electron chi connectivity index (χ0n) is 15.7. The van der Waals surface area contributed by atoms with Crippen LogP contribution in [-0.4, -0.2) is 38.0 Å². The Hall–Kier alpha value is -0.680. The monoisotopic (exact) mass is 358 g/mol. The van der Waals surface area contributed by atoms with Gasteiger partial charge in [-0.15, -0.1) is 0 Å². The molecule has 142 valence electrons. The Bertz CT molecular complexity index is 655. The van der Waals surface area contributed by atoms with E-state index >= 15 is 0 Å². The van der Waals surface area contributed by atoms with E-state index in [1.165, 1.54) is 32.1 Å². The van der Waals surface area contributed by atoms with Crippen LogP contribution < -0.4 is 0 Å². The van der Waals surface area contributed by atoms with Crippen LogP contribution in [0.15, 0.2) is 23.8 Å². The molecule has 0 aromatic carbocycles. The summed E-state index contributed by atoms with van der Waals surface area (Å²) in [7, 11) is 0. The maximum Gasteiger partial charge on any atom is 0.233 e. The molecule has 2 saturated heterocycles. The lowest BCUT2D eigenvalue weighted by molar-refractivity contribution is -0.468. The van der Waals surface area contributed by atoms with Crippen molar-refractivity contribution in [2.45, 2.75) is 57.0 Å². The summed E-state index contributed by atoms with van der Waals surface area (Å²) in [4.78, 5) is 0. The first-order chi connectivity index (χ1) is 12.7. The van der Waals surface area contributed by atoms with Crippen LogP contribution in [0, 0.1) is 29.1 Å². The Morgan fingerprint density at radius 2 is 1.77 bits per heavy atom. The second-order valence-electron chi connectivity index (χ2n) is 9.32. The van der Waals surface area contributed by atoms with Crippen LogP contribution in [0.3, 0.4) is 0 Å². The molecule has 26 heavy (non-hydrogen) atoms. The zero-order valence-corrected chi connectivity index (χ0v) is 15.7. The van der Waals surface area contributed by atoms with E-state index in [4.69, 9.17) is 18.9 Å². The summed E-state index contributed by atoms with van der Waals surface area (Å²) < 4.78 is 25.4. The van der Waals surface area contributed by atoms with Gasteiger partial charge in [0.05, 0.1) is 26.4 Å². The Balaban J connectivity index is 1.44. The Morgan fingerprint density at radius 3 is 2.58 bits per heavy atom. The number of hydrogen-bond donors (Lipinski definition) is 0. The lowest BCUT2D eigenvalue weighted by atomic mass is 9.55. The first-order valence-electron chi connectivity index (χ1n) is 10.6. The van der Waals surface area contributed by atoms with Crippen LogP contribution in [0.5, 0.6) is 0 Å². The number of rotatable bonds is 0. The first kappa shape index (κ1) is 16.3. The van der Waals surface area contributed by atoms with E-state index in [1.54, 1.807) is 5.57 Å². The molecule has 0 aromatic rings. The highest BCUT2D eigenvalue weighted by molar-refractivity contribution is 5.30. The maximum atomic E-state index is 6.40. The third-order valence-electron chi connectivity index (χ3n) is 8.42. The van der Waals surface area contributed by atoms with Gasteiger partial charge in [-0.1, -0.05) is 37.1 Å². The van der Waals surface area contributed by atoms with Crippen LogP contribution >= 0.6 is 0 Å². The molecule has 2 saturated carbocycles. The normalized spacial score (nSPS) is 55.0. The Labute approximate surface area is 155 Å². The first-order valence-corrected chi connectivity index (χ1v) is 10.6. The minimum Gasteiger partial charge on any atom is -0.343 e. The van der Waals surface area contributed by atoms with Crippen molar-refractivity contribution in [2.24, 2.45) is 29.1 Å². The molecule has 4 fully saturated rings. The average Bonchev–Trinajstić information content (AvgIpc) is 2.94. The fourth-order valence-electron chi connectivity index (χ4n) is 7.35. The van der Waals surface area contributed by atoms with Gasteiger partial charge in [-0.3, -0.25) is 0 Å². The van der Waals surface area contributed by atoms with E-state index in [-0.39, 0.29) is 5.41 Å². The van der Waals surface area contributed by atoms with Crippen LogP contribution in [0.2, 0.25) is 0 Å². The second-order valence-corrected chi connectivity index (χ2v) is 9.32. The summed E-state index contributed by atoms with van der Waals surface area (Å²) >= 11 is 0. The van der Waals surface area contributed by atoms with Crippen molar-refractivity contribution in [1.29, 1.82) is 0 Å². The smallest absolute Gasteiger partial charge is 0.233 e. The molecular weight excluding hydrogens is 328 g/mol. The highest BCUT2D eigenvalue weighted by Crippen LogP contribution is 2.68. The molecule has 2 heterocycles. The fourth-order valence-corrected chi connectivity index (χ4v) is 7.35. The van der Waals surface area contributed by atoms with Crippen molar-refractivity contribution in [3.8, 4) is 0 Å². The zero-order chi connectivity index (χ0) is 17.4. The lowest BCUT2D eigenvalue weighted by Gasteiger charge is -2.56. The predicted molar refractivity (Wildman–Crippen MR) is 96.3 cm³/mol. The largest absolute Gasteiger partial charge is 0.343 e. The van der Waals surface area contributed by atoms with Gasteiger partial charge in [-0.25, -0.2) is 0 Å². The standard InChI is InChI=1S/C22H30O4/c1-20-9-8-17-16-5-3-2-4-15(16)6-7-18(17)19(20)14-21-22(20,25-12-10-23-21)26-13-11-24-21/h6,8-9,16-19H,2-5,7,10-14H2,1H3/t16-,17+,18+,19-,20-,21?,22?/m0/s1. The molecule has 0 unspecified atom stereocenters. The average molecular weight is 358 g/mol. The molecule has 0 radical (unpaired) electrons. The maximum absolute atomic E-state index is 6.40. The third kappa shape index (κ3) is 1.80. The quantitative estimate of drug-likeness (QED) is 0.617. The van der Waals surface area contributed by atoms with E-state index in [1.807, 2.05) is 0 Å². The van der Waals surface area contributed by atoms with Crippen LogP contribution in [-0.2, 0) is 18.9 Å². The van der Waals surface area contributed by atoms with Gasteiger partial charge in [-0.2, -0.15) is 0 Å². The summed E-state index contributed by atoms with van der Waals surface area (Å²) in [6.07, 6.45) is 15.0. The summed E-state index contributed by atoms with van der Waals surface area (Å²) in [5.41, 5.74) is 1.55. The minimum absolute atomic E-state index is 0.185. The molecule has 0 amide bonds. The molecule has 4 aliphatic carbocycles. The molecule has 0 N–H and O–H groups in total. The van der Waals surface area contributed by atoms with Crippen molar-refractivity contribution < 1.29 is 18.9 Å². The topological polar surface area (TPSA) is 36.9 Å². The number of allylic oxidation sites excluding steroid dienone is 3. The Morgan fingerprint density at radius 1 is 1.00 bits per heavy atom. The second kappa shape index (κ2) is 5.44. The van der Waals surface area contributed by atoms with Crippen LogP contribution in [0.1, 0.15) is 45.4 Å². The fraction of sp³-hybridized carbons (Fsp3) is 0.818. The molecule has 6 rings (SSSR count). The van der Waals surface area contributed by atoms with E-state index < -0.39 is 11.6 Å². The predicted octanol–water partition coefficient (Wildman–Crippen LogP) is 3.82. The van der Waals surface area contributed by atoms with E-state index in [2.05, 4.69) is 25.2 Å². The number of hydrogen-bond acceptors (Lipinski definition) is 4. The summed E-state index contributed by atoms with van der Waals surface area (Å²) in [5.74, 6) is 1.05. The number of ether oxygens (including phenoxy) is 4. The van der Waals surface area contributed by atoms with Crippen molar-refractivity contribution in [1.82, 2.24) is 0 Å². The van der Waals surface area contributed by atoms with Crippen molar-refractivity contribution in [3.05, 3.63) is 23.8 Å². The molecule has 0 spiro atoms. The minimum atomic E-state index is -0.779. The summed E-state index contributed by atoms with van der Waals surface area (Å²) in [5, 5.41) is 0. The molecule has 0 bridgehead atoms. The molecule has 0 aromatic heterocycles. The van der Waals surface area contributed by atoms with Crippen molar-refractivity contribution in [3.63, 3.8) is 0 Å². The van der Waals surface area contributed by atoms with Gasteiger partial charge in [0.1, 0.15) is 0 Å². The molecular formula is C22H30O4. The molecule has 2 aliphatic heterocycles. The van der Waals surface area contributed by atoms with E-state index in [0.717, 1.165) is 12.3 Å². The highest BCUT2D eigenvalue weighted by atomic mass is 16.8. The SMILES string of the molecule is C[C@]12C=C[C@H]3[C@@H](CC=C4CCCC[C@@H]43)[C@@H]1CC13OCCOC12OCCO3. The lowest BCUT2D eigenvalue weighted by Crippen LogP contribution is -2.69. The van der Waals surface area contributed by atoms with Crippen LogP contribution in [0.25, 0.3) is 0 Å². The Kier molecular flexibility index (Phi) is 3.41. The molecule has 5 atom stereocenters. The van der Waals surface area contributed by atoms with Crippen molar-refractivity contribution >= 4 is 0 Å². The third-order valence-corrected chi connectivity index (χ3v) is 8.42. The summed E-state index contributed by atoms with van der Waals surface area (Å²) in [6.45, 7) is 4.69. The molecule has 4 nitrogen and oxygen atoms in total. The van der Waals surface area contributed by atoms with Gasteiger partial charge in [0.15, 0.2) is 0 Å². The van der Waals surface area contributed by atoms with Gasteiger partial charge in [0.25, 0.3) is 0 Å². The van der Waals surface area contributed by atoms with Gasteiger partial charge in [-0.05, 0) is 49.4 Å². The highest BCUT2D eigenvalue weighted by Gasteiger charge is 2.77. The molecule has 4 heteroatoms. The number of fused-ring (bicyclic) bond motifs is 5. The molecule has 6 aliphatic rings. The van der Waals surface area contributed by atoms with Gasteiger partial charge < -0.3 is 18.9 Å². The van der Waals surface area contributed by atoms with Gasteiger partial charge >= 0.3 is 0 Å². The van der Waals surface area contributed by atoms with E-state index in [9.17, 15) is 0 Å². The van der Waals surface area contributed by atoms with Gasteiger partial charge in [0.2, 0.25) is 11.6 Å². The van der Waals surface area contributed by atoms with Crippen molar-refractivity contribution in [2.75, 3.05) is 26.4 Å². The van der Waals surface area contributed by atoms with Crippen LogP contribution in [0.4, 0.5) is 0 Å². The summed E-state index contributed by atoms with van der Waals surface area (Å²) in [6, 6.07) is 0.